The summed E-state index contributed by atoms with van der Waals surface area (Å²) < 4.78 is 5.65. The van der Waals surface area contributed by atoms with E-state index < -0.39 is 0 Å². The molecule has 1 saturated carbocycles. The van der Waals surface area contributed by atoms with E-state index in [0.29, 0.717) is 0 Å². The Labute approximate surface area is 91.5 Å². The molecule has 88 valence electrons. The maximum Gasteiger partial charge on any atom is 0.249 e. The molecule has 1 rings (SSSR count). The van der Waals surface area contributed by atoms with E-state index in [1.807, 2.05) is 13.8 Å². The van der Waals surface area contributed by atoms with E-state index in [9.17, 15) is 4.79 Å². The van der Waals surface area contributed by atoms with Crippen molar-refractivity contribution >= 4 is 5.91 Å². The number of amides is 1. The molecule has 1 fully saturated rings. The van der Waals surface area contributed by atoms with E-state index in [-0.39, 0.29) is 30.2 Å². The highest BCUT2D eigenvalue weighted by molar-refractivity contribution is 5.80. The summed E-state index contributed by atoms with van der Waals surface area (Å²) in [6, 6.07) is 0.407. The second-order valence-electron chi connectivity index (χ2n) is 4.64. The number of nitrogens with one attached hydrogen (secondary N) is 1. The topological polar surface area (TPSA) is 64.3 Å². The summed E-state index contributed by atoms with van der Waals surface area (Å²) in [5.74, 6) is -0.0366. The molecule has 0 radical (unpaired) electrons. The van der Waals surface area contributed by atoms with Crippen molar-refractivity contribution < 1.29 is 9.53 Å². The Hall–Kier alpha value is -0.610. The van der Waals surface area contributed by atoms with Gasteiger partial charge in [0, 0.05) is 12.1 Å². The molecule has 1 aliphatic rings. The van der Waals surface area contributed by atoms with Crippen LogP contribution in [0.2, 0.25) is 0 Å². The minimum absolute atomic E-state index is 0.0366. The van der Waals surface area contributed by atoms with Crippen LogP contribution in [0.25, 0.3) is 0 Å². The van der Waals surface area contributed by atoms with Crippen LogP contribution < -0.4 is 11.1 Å². The fraction of sp³-hybridized carbons (Fsp3) is 0.909. The normalized spacial score (nSPS) is 28.1. The Morgan fingerprint density at radius 3 is 2.53 bits per heavy atom. The minimum atomic E-state index is -0.373. The molecular weight excluding hydrogens is 192 g/mol. The predicted molar refractivity (Wildman–Crippen MR) is 59.4 cm³/mol. The highest BCUT2D eigenvalue weighted by atomic mass is 16.5. The lowest BCUT2D eigenvalue weighted by Gasteiger charge is -2.19. The molecule has 0 bridgehead atoms. The van der Waals surface area contributed by atoms with Crippen LogP contribution in [-0.4, -0.2) is 30.2 Å². The predicted octanol–water partition coefficient (Wildman–Crippen LogP) is 0.796. The third-order valence-corrected chi connectivity index (χ3v) is 2.62. The fourth-order valence-corrected chi connectivity index (χ4v) is 1.85. The number of carbonyl (C=O) groups excluding carboxylic acids is 1. The Kier molecular flexibility index (Phi) is 4.54. The molecule has 0 aliphatic heterocycles. The van der Waals surface area contributed by atoms with E-state index in [4.69, 9.17) is 10.5 Å². The molecular formula is C11H22N2O2. The number of rotatable bonds is 4. The van der Waals surface area contributed by atoms with Crippen molar-refractivity contribution in [2.24, 2.45) is 5.73 Å². The number of hydrogen-bond donors (Lipinski definition) is 2. The second kappa shape index (κ2) is 5.47. The van der Waals surface area contributed by atoms with Crippen molar-refractivity contribution in [2.75, 3.05) is 0 Å². The molecule has 3 N–H and O–H groups in total. The third kappa shape index (κ3) is 4.18. The Bertz CT molecular complexity index is 219. The maximum absolute atomic E-state index is 11.6. The largest absolute Gasteiger partial charge is 0.365 e. The van der Waals surface area contributed by atoms with E-state index >= 15 is 0 Å². The van der Waals surface area contributed by atoms with Crippen LogP contribution in [0.4, 0.5) is 0 Å². The summed E-state index contributed by atoms with van der Waals surface area (Å²) in [7, 11) is 0. The van der Waals surface area contributed by atoms with Crippen molar-refractivity contribution in [3.05, 3.63) is 0 Å². The van der Waals surface area contributed by atoms with Crippen molar-refractivity contribution in [1.29, 1.82) is 0 Å². The van der Waals surface area contributed by atoms with Gasteiger partial charge in [-0.15, -0.1) is 0 Å². The van der Waals surface area contributed by atoms with Gasteiger partial charge in [-0.2, -0.15) is 0 Å². The van der Waals surface area contributed by atoms with Crippen LogP contribution in [0, 0.1) is 0 Å². The molecule has 0 aromatic heterocycles. The summed E-state index contributed by atoms with van der Waals surface area (Å²) >= 11 is 0. The highest BCUT2D eigenvalue weighted by Gasteiger charge is 2.26. The third-order valence-electron chi connectivity index (χ3n) is 2.62. The van der Waals surface area contributed by atoms with Crippen LogP contribution >= 0.6 is 0 Å². The van der Waals surface area contributed by atoms with Gasteiger partial charge in [-0.05, 0) is 40.0 Å². The van der Waals surface area contributed by atoms with Crippen LogP contribution in [0.1, 0.15) is 40.0 Å². The van der Waals surface area contributed by atoms with Crippen molar-refractivity contribution in [2.45, 2.75) is 64.3 Å². The summed E-state index contributed by atoms with van der Waals surface area (Å²) in [5.41, 5.74) is 5.78. The molecule has 15 heavy (non-hydrogen) atoms. The summed E-state index contributed by atoms with van der Waals surface area (Å²) in [6.07, 6.45) is 2.64. The Morgan fingerprint density at radius 1 is 1.40 bits per heavy atom. The van der Waals surface area contributed by atoms with Gasteiger partial charge in [-0.1, -0.05) is 0 Å². The number of hydrogen-bond acceptors (Lipinski definition) is 3. The van der Waals surface area contributed by atoms with Gasteiger partial charge in [0.1, 0.15) is 6.10 Å². The van der Waals surface area contributed by atoms with Gasteiger partial charge < -0.3 is 15.8 Å². The number of ether oxygens (including phenoxy) is 1. The van der Waals surface area contributed by atoms with Gasteiger partial charge in [0.15, 0.2) is 0 Å². The molecule has 4 heteroatoms. The van der Waals surface area contributed by atoms with Gasteiger partial charge >= 0.3 is 0 Å². The lowest BCUT2D eigenvalue weighted by molar-refractivity contribution is -0.135. The minimum Gasteiger partial charge on any atom is -0.365 e. The van der Waals surface area contributed by atoms with Crippen LogP contribution in [-0.2, 0) is 9.53 Å². The fourth-order valence-electron chi connectivity index (χ4n) is 1.85. The molecule has 1 aliphatic carbocycles. The summed E-state index contributed by atoms with van der Waals surface area (Å²) in [4.78, 5) is 11.6. The van der Waals surface area contributed by atoms with Gasteiger partial charge in [-0.3, -0.25) is 4.79 Å². The molecule has 3 atom stereocenters. The van der Waals surface area contributed by atoms with Crippen LogP contribution in [0.5, 0.6) is 0 Å². The molecule has 3 unspecified atom stereocenters. The zero-order valence-corrected chi connectivity index (χ0v) is 9.82. The Balaban J connectivity index is 2.28. The van der Waals surface area contributed by atoms with Gasteiger partial charge in [0.25, 0.3) is 0 Å². The summed E-state index contributed by atoms with van der Waals surface area (Å²) in [6.45, 7) is 5.67. The average Bonchev–Trinajstić information content (AvgIpc) is 2.50. The lowest BCUT2D eigenvalue weighted by atomic mass is 10.2. The monoisotopic (exact) mass is 214 g/mol. The standard InChI is InChI=1S/C11H22N2O2/c1-7(2)13-11(14)8(3)15-10-5-4-9(12)6-10/h7-10H,4-6,12H2,1-3H3,(H,13,14). The number of nitrogens with two attached hydrogens (primary N) is 1. The average molecular weight is 214 g/mol. The maximum atomic E-state index is 11.6. The zero-order chi connectivity index (χ0) is 11.4. The first-order valence-corrected chi connectivity index (χ1v) is 5.70. The van der Waals surface area contributed by atoms with E-state index in [2.05, 4.69) is 5.32 Å². The lowest BCUT2D eigenvalue weighted by Crippen LogP contribution is -2.40. The van der Waals surface area contributed by atoms with Crippen molar-refractivity contribution in [3.8, 4) is 0 Å². The van der Waals surface area contributed by atoms with E-state index in [0.717, 1.165) is 19.3 Å². The van der Waals surface area contributed by atoms with Crippen LogP contribution in [0.15, 0.2) is 0 Å². The van der Waals surface area contributed by atoms with Crippen molar-refractivity contribution in [1.82, 2.24) is 5.32 Å². The first-order chi connectivity index (χ1) is 6.99. The second-order valence-corrected chi connectivity index (χ2v) is 4.64. The first-order valence-electron chi connectivity index (χ1n) is 5.70. The van der Waals surface area contributed by atoms with Crippen molar-refractivity contribution in [3.63, 3.8) is 0 Å². The van der Waals surface area contributed by atoms with Gasteiger partial charge in [-0.25, -0.2) is 0 Å². The van der Waals surface area contributed by atoms with Crippen LogP contribution in [0.3, 0.4) is 0 Å². The van der Waals surface area contributed by atoms with Gasteiger partial charge in [0.2, 0.25) is 5.91 Å². The zero-order valence-electron chi connectivity index (χ0n) is 9.82. The molecule has 4 nitrogen and oxygen atoms in total. The molecule has 0 heterocycles. The number of carbonyl (C=O) groups is 1. The molecule has 1 amide bonds. The smallest absolute Gasteiger partial charge is 0.249 e. The van der Waals surface area contributed by atoms with Gasteiger partial charge in [0.05, 0.1) is 6.10 Å². The Morgan fingerprint density at radius 2 is 2.07 bits per heavy atom. The molecule has 0 aromatic carbocycles. The van der Waals surface area contributed by atoms with E-state index in [1.54, 1.807) is 6.92 Å². The summed E-state index contributed by atoms with van der Waals surface area (Å²) in [5, 5.41) is 2.83. The quantitative estimate of drug-likeness (QED) is 0.727. The SMILES string of the molecule is CC(C)NC(=O)C(C)OC1CCC(N)C1. The highest BCUT2D eigenvalue weighted by Crippen LogP contribution is 2.21. The molecule has 0 aromatic rings. The van der Waals surface area contributed by atoms with E-state index in [1.165, 1.54) is 0 Å². The first kappa shape index (κ1) is 12.5. The molecule has 0 spiro atoms. The molecule has 0 saturated heterocycles.